The number of nitrogens with one attached hydrogen (secondary N) is 1. The van der Waals surface area contributed by atoms with Crippen molar-refractivity contribution in [3.63, 3.8) is 0 Å². The van der Waals surface area contributed by atoms with Gasteiger partial charge >= 0.3 is 0 Å². The van der Waals surface area contributed by atoms with E-state index >= 15 is 0 Å². The molecular weight excluding hydrogens is 190 g/mol. The highest BCUT2D eigenvalue weighted by molar-refractivity contribution is 5.16. The summed E-state index contributed by atoms with van der Waals surface area (Å²) in [6.07, 6.45) is 2.38. The molecule has 0 saturated carbocycles. The minimum absolute atomic E-state index is 0.118. The summed E-state index contributed by atoms with van der Waals surface area (Å²) in [4.78, 5) is 7.76. The molecule has 1 heterocycles. The Balaban J connectivity index is 2.77. The number of aromatic nitrogens is 2. The van der Waals surface area contributed by atoms with Crippen LogP contribution in [0.25, 0.3) is 0 Å². The molecule has 0 spiro atoms. The van der Waals surface area contributed by atoms with E-state index in [0.29, 0.717) is 13.1 Å². The number of hydrogen-bond donors (Lipinski definition) is 4. The highest BCUT2D eigenvalue weighted by atomic mass is 14.9. The third-order valence-corrected chi connectivity index (χ3v) is 2.20. The molecule has 15 heavy (non-hydrogen) atoms. The Hall–Kier alpha value is -0.910. The van der Waals surface area contributed by atoms with Crippen molar-refractivity contribution in [3.8, 4) is 0 Å². The van der Waals surface area contributed by atoms with Gasteiger partial charge in [-0.1, -0.05) is 0 Å². The van der Waals surface area contributed by atoms with Crippen LogP contribution in [0.1, 0.15) is 24.1 Å². The topological polar surface area (TPSA) is 107 Å². The smallest absolute Gasteiger partial charge is 0.108 e. The maximum absolute atomic E-state index is 5.72. The quantitative estimate of drug-likeness (QED) is 0.499. The van der Waals surface area contributed by atoms with E-state index in [0.717, 1.165) is 36.5 Å². The monoisotopic (exact) mass is 211 g/mol. The number of nitrogens with zero attached hydrogens (tertiary/aromatic N) is 1. The lowest BCUT2D eigenvalue weighted by molar-refractivity contribution is 0.706. The van der Waals surface area contributed by atoms with E-state index in [1.54, 1.807) is 0 Å². The molecule has 0 saturated heterocycles. The summed E-state index contributed by atoms with van der Waals surface area (Å²) < 4.78 is 0. The number of imidazole rings is 1. The first-order valence-electron chi connectivity index (χ1n) is 5.39. The zero-order valence-electron chi connectivity index (χ0n) is 9.29. The third-order valence-electron chi connectivity index (χ3n) is 2.20. The molecule has 1 aromatic heterocycles. The fraction of sp³-hybridized carbons (Fsp3) is 0.700. The fourth-order valence-electron chi connectivity index (χ4n) is 1.60. The Labute approximate surface area is 90.4 Å². The van der Waals surface area contributed by atoms with Crippen LogP contribution >= 0.6 is 0 Å². The van der Waals surface area contributed by atoms with Gasteiger partial charge in [0.2, 0.25) is 0 Å². The predicted molar refractivity (Wildman–Crippen MR) is 61.5 cm³/mol. The van der Waals surface area contributed by atoms with Crippen molar-refractivity contribution < 1.29 is 0 Å². The van der Waals surface area contributed by atoms with Crippen LogP contribution in [0, 0.1) is 0 Å². The number of hydrogen-bond acceptors (Lipinski definition) is 4. The molecule has 0 aliphatic rings. The number of H-pyrrole nitrogens is 1. The van der Waals surface area contributed by atoms with Gasteiger partial charge in [-0.2, -0.15) is 0 Å². The number of nitrogens with two attached hydrogens (primary N) is 3. The lowest BCUT2D eigenvalue weighted by atomic mass is 10.2. The third kappa shape index (κ3) is 3.62. The summed E-state index contributed by atoms with van der Waals surface area (Å²) in [7, 11) is 0. The van der Waals surface area contributed by atoms with Crippen LogP contribution < -0.4 is 17.2 Å². The van der Waals surface area contributed by atoms with Gasteiger partial charge in [0.05, 0.1) is 5.69 Å². The molecule has 0 aromatic carbocycles. The zero-order valence-corrected chi connectivity index (χ0v) is 9.29. The summed E-state index contributed by atoms with van der Waals surface area (Å²) in [6, 6.07) is 0.118. The van der Waals surface area contributed by atoms with E-state index in [4.69, 9.17) is 17.2 Å². The minimum atomic E-state index is 0.118. The molecular formula is C10H21N5. The molecule has 0 radical (unpaired) electrons. The molecule has 0 fully saturated rings. The van der Waals surface area contributed by atoms with Gasteiger partial charge in [0.1, 0.15) is 5.82 Å². The van der Waals surface area contributed by atoms with E-state index in [1.165, 1.54) is 0 Å². The highest BCUT2D eigenvalue weighted by Crippen LogP contribution is 2.08. The van der Waals surface area contributed by atoms with Crippen molar-refractivity contribution in [2.24, 2.45) is 17.2 Å². The van der Waals surface area contributed by atoms with Crippen LogP contribution in [-0.2, 0) is 19.3 Å². The second-order valence-electron chi connectivity index (χ2n) is 3.87. The summed E-state index contributed by atoms with van der Waals surface area (Å²) >= 11 is 0. The second kappa shape index (κ2) is 5.85. The van der Waals surface area contributed by atoms with E-state index in [-0.39, 0.29) is 6.04 Å². The van der Waals surface area contributed by atoms with E-state index < -0.39 is 0 Å². The Bertz CT molecular complexity index is 269. The summed E-state index contributed by atoms with van der Waals surface area (Å²) in [6.45, 7) is 3.20. The van der Waals surface area contributed by atoms with Gasteiger partial charge in [0, 0.05) is 31.0 Å². The lowest BCUT2D eigenvalue weighted by Crippen LogP contribution is -2.18. The highest BCUT2D eigenvalue weighted by Gasteiger charge is 2.09. The normalized spacial score (nSPS) is 13.1. The minimum Gasteiger partial charge on any atom is -0.346 e. The van der Waals surface area contributed by atoms with Gasteiger partial charge in [-0.05, 0) is 20.0 Å². The van der Waals surface area contributed by atoms with Crippen molar-refractivity contribution in [1.82, 2.24) is 9.97 Å². The van der Waals surface area contributed by atoms with Crippen LogP contribution in [0.2, 0.25) is 0 Å². The maximum Gasteiger partial charge on any atom is 0.108 e. The van der Waals surface area contributed by atoms with Crippen LogP contribution in [0.5, 0.6) is 0 Å². The van der Waals surface area contributed by atoms with Gasteiger partial charge in [-0.25, -0.2) is 4.98 Å². The predicted octanol–water partition coefficient (Wildman–Crippen LogP) is -0.698. The molecule has 0 aliphatic carbocycles. The van der Waals surface area contributed by atoms with Crippen molar-refractivity contribution >= 4 is 0 Å². The van der Waals surface area contributed by atoms with Crippen molar-refractivity contribution in [1.29, 1.82) is 0 Å². The summed E-state index contributed by atoms with van der Waals surface area (Å²) in [5, 5.41) is 0. The van der Waals surface area contributed by atoms with Gasteiger partial charge in [-0.15, -0.1) is 0 Å². The molecule has 1 aromatic rings. The molecule has 86 valence electrons. The largest absolute Gasteiger partial charge is 0.346 e. The molecule has 5 nitrogen and oxygen atoms in total. The Morgan fingerprint density at radius 3 is 2.47 bits per heavy atom. The zero-order chi connectivity index (χ0) is 11.3. The first-order valence-corrected chi connectivity index (χ1v) is 5.39. The average molecular weight is 211 g/mol. The summed E-state index contributed by atoms with van der Waals surface area (Å²) in [5.41, 5.74) is 18.9. The fourth-order valence-corrected chi connectivity index (χ4v) is 1.60. The Morgan fingerprint density at radius 1 is 1.27 bits per heavy atom. The van der Waals surface area contributed by atoms with Crippen LogP contribution in [0.4, 0.5) is 0 Å². The van der Waals surface area contributed by atoms with Crippen LogP contribution in [-0.4, -0.2) is 29.1 Å². The number of rotatable bonds is 6. The second-order valence-corrected chi connectivity index (χ2v) is 3.87. The van der Waals surface area contributed by atoms with Gasteiger partial charge < -0.3 is 22.2 Å². The molecule has 0 bridgehead atoms. The van der Waals surface area contributed by atoms with E-state index in [1.807, 2.05) is 6.92 Å². The van der Waals surface area contributed by atoms with Crippen molar-refractivity contribution in [2.75, 3.05) is 13.1 Å². The first-order chi connectivity index (χ1) is 7.17. The van der Waals surface area contributed by atoms with Gasteiger partial charge in [0.15, 0.2) is 0 Å². The van der Waals surface area contributed by atoms with Gasteiger partial charge in [0.25, 0.3) is 0 Å². The van der Waals surface area contributed by atoms with Crippen LogP contribution in [0.15, 0.2) is 0 Å². The first kappa shape index (κ1) is 12.2. The number of aromatic amines is 1. The Morgan fingerprint density at radius 2 is 1.93 bits per heavy atom. The molecule has 1 atom stereocenters. The Kier molecular flexibility index (Phi) is 4.74. The molecule has 7 N–H and O–H groups in total. The van der Waals surface area contributed by atoms with Crippen molar-refractivity contribution in [3.05, 3.63) is 17.2 Å². The average Bonchev–Trinajstić information content (AvgIpc) is 2.48. The molecule has 0 amide bonds. The molecule has 1 unspecified atom stereocenters. The molecule has 1 rings (SSSR count). The van der Waals surface area contributed by atoms with Crippen LogP contribution in [0.3, 0.4) is 0 Å². The van der Waals surface area contributed by atoms with Crippen molar-refractivity contribution in [2.45, 2.75) is 32.2 Å². The standard InChI is InChI=1S/C10H21N5/c1-7(13)6-10-14-8(2-4-11)9(15-10)3-5-12/h7H,2-6,11-13H2,1H3,(H,14,15). The maximum atomic E-state index is 5.72. The van der Waals surface area contributed by atoms with E-state index in [2.05, 4.69) is 9.97 Å². The molecule has 0 aliphatic heterocycles. The SMILES string of the molecule is CC(N)Cc1nc(CCN)c(CCN)[nH]1. The summed E-state index contributed by atoms with van der Waals surface area (Å²) in [5.74, 6) is 0.942. The van der Waals surface area contributed by atoms with E-state index in [9.17, 15) is 0 Å². The lowest BCUT2D eigenvalue weighted by Gasteiger charge is -1.99. The molecule has 5 heteroatoms. The van der Waals surface area contributed by atoms with Gasteiger partial charge in [-0.3, -0.25) is 0 Å².